The highest BCUT2D eigenvalue weighted by atomic mass is 32.1. The van der Waals surface area contributed by atoms with Gasteiger partial charge < -0.3 is 16.0 Å². The highest BCUT2D eigenvalue weighted by Gasteiger charge is 2.38. The van der Waals surface area contributed by atoms with E-state index in [1.54, 1.807) is 23.4 Å². The van der Waals surface area contributed by atoms with Crippen LogP contribution in [0.4, 0.5) is 42.7 Å². The molecule has 1 amide bonds. The first kappa shape index (κ1) is 23.8. The minimum Gasteiger partial charge on any atom is -0.326 e. The Hall–Kier alpha value is -3.38. The number of hydrogen-bond acceptors (Lipinski definition) is 5. The monoisotopic (exact) mass is 498 g/mol. The number of fused-ring (bicyclic) bond motifs is 1. The van der Waals surface area contributed by atoms with Crippen LogP contribution < -0.4 is 16.0 Å². The molecule has 3 aromatic rings. The van der Waals surface area contributed by atoms with E-state index in [-0.39, 0.29) is 6.07 Å². The number of hydrogen-bond donors (Lipinski definition) is 2. The summed E-state index contributed by atoms with van der Waals surface area (Å²) in [4.78, 5) is 18.4. The first-order valence-corrected chi connectivity index (χ1v) is 10.6. The summed E-state index contributed by atoms with van der Waals surface area (Å²) in [7, 11) is 0. The molecule has 5 nitrogen and oxygen atoms in total. The number of nitrogens with zero attached hydrogens (tertiary/aromatic N) is 2. The van der Waals surface area contributed by atoms with Gasteiger partial charge in [0, 0.05) is 16.9 Å². The molecule has 12 heteroatoms. The van der Waals surface area contributed by atoms with Crippen molar-refractivity contribution in [2.45, 2.75) is 24.9 Å². The lowest BCUT2D eigenvalue weighted by Gasteiger charge is -2.29. The van der Waals surface area contributed by atoms with Crippen LogP contribution in [0.3, 0.4) is 0 Å². The second kappa shape index (κ2) is 8.76. The van der Waals surface area contributed by atoms with Gasteiger partial charge in [-0.3, -0.25) is 4.79 Å². The van der Waals surface area contributed by atoms with Gasteiger partial charge in [0.2, 0.25) is 5.91 Å². The number of nitrogens with two attached hydrogens (primary N) is 1. The number of halogens is 6. The van der Waals surface area contributed by atoms with E-state index in [0.717, 1.165) is 10.6 Å². The van der Waals surface area contributed by atoms with Crippen molar-refractivity contribution in [2.75, 3.05) is 10.2 Å². The van der Waals surface area contributed by atoms with Crippen molar-refractivity contribution in [1.82, 2.24) is 0 Å². The molecule has 34 heavy (non-hydrogen) atoms. The van der Waals surface area contributed by atoms with Crippen LogP contribution in [0.1, 0.15) is 28.4 Å². The van der Waals surface area contributed by atoms with Crippen molar-refractivity contribution in [1.29, 1.82) is 0 Å². The van der Waals surface area contributed by atoms with Gasteiger partial charge in [0.1, 0.15) is 11.2 Å². The molecular weight excluding hydrogens is 482 g/mol. The number of carbonyl (C=O) groups is 1. The molecule has 0 bridgehead atoms. The molecule has 0 aliphatic carbocycles. The van der Waals surface area contributed by atoms with E-state index in [1.807, 2.05) is 11.4 Å². The Balaban J connectivity index is 1.47. The van der Waals surface area contributed by atoms with Gasteiger partial charge in [0.05, 0.1) is 23.9 Å². The lowest BCUT2D eigenvalue weighted by Crippen LogP contribution is -2.35. The van der Waals surface area contributed by atoms with Gasteiger partial charge in [0.25, 0.3) is 0 Å². The summed E-state index contributed by atoms with van der Waals surface area (Å²) in [6.45, 7) is 0. The van der Waals surface area contributed by atoms with Crippen LogP contribution in [0, 0.1) is 0 Å². The molecule has 1 unspecified atom stereocenters. The quantitative estimate of drug-likeness (QED) is 0.427. The maximum absolute atomic E-state index is 13.3. The van der Waals surface area contributed by atoms with Crippen molar-refractivity contribution in [3.8, 4) is 0 Å². The van der Waals surface area contributed by atoms with Gasteiger partial charge in [-0.05, 0) is 53.4 Å². The van der Waals surface area contributed by atoms with Crippen LogP contribution in [0.2, 0.25) is 0 Å². The molecule has 2 heterocycles. The number of carbonyl (C=O) groups excluding carboxylic acids is 1. The summed E-state index contributed by atoms with van der Waals surface area (Å²) >= 11 is 1.46. The number of alkyl halides is 6. The van der Waals surface area contributed by atoms with Crippen molar-refractivity contribution >= 4 is 40.0 Å². The molecule has 1 atom stereocenters. The van der Waals surface area contributed by atoms with Crippen LogP contribution >= 0.6 is 11.3 Å². The van der Waals surface area contributed by atoms with Crippen molar-refractivity contribution in [2.24, 2.45) is 10.7 Å². The highest BCUT2D eigenvalue weighted by molar-refractivity contribution is 7.14. The lowest BCUT2D eigenvalue weighted by molar-refractivity contribution is -0.143. The van der Waals surface area contributed by atoms with Crippen LogP contribution in [-0.2, 0) is 23.6 Å². The van der Waals surface area contributed by atoms with Gasteiger partial charge in [-0.25, -0.2) is 4.99 Å². The first-order valence-electron chi connectivity index (χ1n) is 9.76. The van der Waals surface area contributed by atoms with E-state index in [4.69, 9.17) is 5.73 Å². The van der Waals surface area contributed by atoms with Crippen molar-refractivity contribution < 1.29 is 31.1 Å². The summed E-state index contributed by atoms with van der Waals surface area (Å²) in [5.41, 5.74) is 4.61. The minimum atomic E-state index is -5.05. The van der Waals surface area contributed by atoms with Crippen LogP contribution in [0.25, 0.3) is 0 Å². The smallest absolute Gasteiger partial charge is 0.326 e. The van der Waals surface area contributed by atoms with Crippen LogP contribution in [-0.4, -0.2) is 12.2 Å². The normalized spacial score (nSPS) is 15.9. The second-order valence-corrected chi connectivity index (χ2v) is 8.31. The maximum atomic E-state index is 13.3. The molecule has 1 aliphatic rings. The lowest BCUT2D eigenvalue weighted by atomic mass is 10.00. The Bertz CT molecular complexity index is 1230. The third-order valence-electron chi connectivity index (χ3n) is 5.13. The number of rotatable bonds is 4. The molecule has 2 aromatic carbocycles. The average molecular weight is 498 g/mol. The summed E-state index contributed by atoms with van der Waals surface area (Å²) in [6, 6.07) is 9.46. The van der Waals surface area contributed by atoms with Crippen molar-refractivity contribution in [3.63, 3.8) is 0 Å². The van der Waals surface area contributed by atoms with E-state index in [2.05, 4.69) is 10.3 Å². The average Bonchev–Trinajstić information content (AvgIpc) is 3.23. The number of benzene rings is 2. The van der Waals surface area contributed by atoms with E-state index < -0.39 is 47.5 Å². The maximum Gasteiger partial charge on any atom is 0.416 e. The van der Waals surface area contributed by atoms with Gasteiger partial charge in [0.15, 0.2) is 0 Å². The van der Waals surface area contributed by atoms with Gasteiger partial charge >= 0.3 is 12.4 Å². The van der Waals surface area contributed by atoms with Crippen LogP contribution in [0.15, 0.2) is 58.9 Å². The summed E-state index contributed by atoms with van der Waals surface area (Å²) < 4.78 is 78.3. The molecular formula is C22H16F6N4OS. The molecule has 4 rings (SSSR count). The Morgan fingerprint density at radius 3 is 2.38 bits per heavy atom. The minimum absolute atomic E-state index is 0.0136. The number of anilines is 2. The topological polar surface area (TPSA) is 70.7 Å². The Kier molecular flexibility index (Phi) is 6.13. The zero-order valence-corrected chi connectivity index (χ0v) is 17.9. The Morgan fingerprint density at radius 2 is 1.74 bits per heavy atom. The fourth-order valence-electron chi connectivity index (χ4n) is 3.47. The zero-order valence-electron chi connectivity index (χ0n) is 17.1. The van der Waals surface area contributed by atoms with E-state index in [9.17, 15) is 31.1 Å². The fourth-order valence-corrected chi connectivity index (χ4v) is 4.25. The highest BCUT2D eigenvalue weighted by Crippen LogP contribution is 2.38. The standard InChI is InChI=1S/C22H16F6N4OS/c23-21(24,25)13-2-1-12(17(10-13)22(26,27)28)9-18(33)31-14-3-5-15(6-4-14)32-11-30-20-16(19(32)29)7-8-34-20/h1-8,10-11,19H,9,29H2,(H,31,33). The molecule has 3 N–H and O–H groups in total. The van der Waals surface area contributed by atoms with Gasteiger partial charge in [-0.2, -0.15) is 26.3 Å². The molecule has 178 valence electrons. The predicted molar refractivity (Wildman–Crippen MR) is 117 cm³/mol. The van der Waals surface area contributed by atoms with Gasteiger partial charge in [-0.15, -0.1) is 11.3 Å². The summed E-state index contributed by atoms with van der Waals surface area (Å²) in [5, 5.41) is 5.15. The number of amides is 1. The summed E-state index contributed by atoms with van der Waals surface area (Å²) in [5.74, 6) is -0.808. The summed E-state index contributed by atoms with van der Waals surface area (Å²) in [6.07, 6.45) is -9.61. The van der Waals surface area contributed by atoms with Gasteiger partial charge in [-0.1, -0.05) is 6.07 Å². The number of aliphatic imine (C=N–C) groups is 1. The third-order valence-corrected chi connectivity index (χ3v) is 5.97. The molecule has 0 fully saturated rings. The molecule has 0 radical (unpaired) electrons. The largest absolute Gasteiger partial charge is 0.416 e. The molecule has 0 saturated carbocycles. The Morgan fingerprint density at radius 1 is 1.03 bits per heavy atom. The third kappa shape index (κ3) is 4.92. The fraction of sp³-hybridized carbons (Fsp3) is 0.182. The first-order chi connectivity index (χ1) is 15.9. The van der Waals surface area contributed by atoms with Crippen LogP contribution in [0.5, 0.6) is 0 Å². The van der Waals surface area contributed by atoms with E-state index >= 15 is 0 Å². The predicted octanol–water partition coefficient (Wildman–Crippen LogP) is 6.10. The number of nitrogens with one attached hydrogen (secondary N) is 1. The SMILES string of the molecule is NC1c2ccsc2N=CN1c1ccc(NC(=O)Cc2ccc(C(F)(F)F)cc2C(F)(F)F)cc1. The van der Waals surface area contributed by atoms with E-state index in [0.29, 0.717) is 23.5 Å². The zero-order chi connectivity index (χ0) is 24.7. The molecule has 0 spiro atoms. The molecule has 1 aromatic heterocycles. The molecule has 1 aliphatic heterocycles. The number of thiophene rings is 1. The second-order valence-electron chi connectivity index (χ2n) is 7.42. The van der Waals surface area contributed by atoms with E-state index in [1.165, 1.54) is 23.5 Å². The molecule has 0 saturated heterocycles. The Labute approximate surface area is 193 Å². The van der Waals surface area contributed by atoms with Crippen molar-refractivity contribution in [3.05, 3.63) is 76.2 Å².